The van der Waals surface area contributed by atoms with E-state index in [0.717, 1.165) is 19.3 Å². The smallest absolute Gasteiger partial charge is 0.113 e. The lowest BCUT2D eigenvalue weighted by atomic mass is 9.76. The molecule has 5 atom stereocenters. The van der Waals surface area contributed by atoms with Gasteiger partial charge >= 0.3 is 0 Å². The zero-order chi connectivity index (χ0) is 10.3. The molecule has 0 aromatic heterocycles. The Hall–Kier alpha value is -0.120. The maximum absolute atomic E-state index is 9.91. The second-order valence-corrected chi connectivity index (χ2v) is 4.96. The van der Waals surface area contributed by atoms with Crippen LogP contribution in [0.25, 0.3) is 0 Å². The number of ether oxygens (including phenoxy) is 1. The van der Waals surface area contributed by atoms with E-state index in [2.05, 4.69) is 6.92 Å². The monoisotopic (exact) mass is 200 g/mol. The zero-order valence-corrected chi connectivity index (χ0v) is 8.94. The van der Waals surface area contributed by atoms with Crippen molar-refractivity contribution >= 4 is 0 Å². The van der Waals surface area contributed by atoms with Gasteiger partial charge in [-0.2, -0.15) is 0 Å². The van der Waals surface area contributed by atoms with Crippen molar-refractivity contribution in [1.82, 2.24) is 0 Å². The molecule has 2 rings (SSSR count). The summed E-state index contributed by atoms with van der Waals surface area (Å²) >= 11 is 0. The average molecular weight is 200 g/mol. The van der Waals surface area contributed by atoms with Crippen LogP contribution < -0.4 is 0 Å². The number of rotatable bonds is 3. The highest BCUT2D eigenvalue weighted by Crippen LogP contribution is 2.47. The van der Waals surface area contributed by atoms with Gasteiger partial charge in [0.25, 0.3) is 0 Å². The molecule has 82 valence electrons. The minimum Gasteiger partial charge on any atom is -0.393 e. The fourth-order valence-electron chi connectivity index (χ4n) is 2.66. The van der Waals surface area contributed by atoms with Crippen LogP contribution in [0.5, 0.6) is 0 Å². The standard InChI is InChI=1S/C11H20O3/c1-3-4-5-7-8(12)6-11(2,13)10-9(7)14-10/h7-10,12-13H,3-6H2,1-2H3/t7-,8-,9+,10+,11-/m1/s1. The molecule has 2 aliphatic rings. The maximum Gasteiger partial charge on any atom is 0.113 e. The van der Waals surface area contributed by atoms with Gasteiger partial charge in [0.15, 0.2) is 0 Å². The molecule has 1 heterocycles. The van der Waals surface area contributed by atoms with Gasteiger partial charge in [-0.25, -0.2) is 0 Å². The summed E-state index contributed by atoms with van der Waals surface area (Å²) in [7, 11) is 0. The zero-order valence-electron chi connectivity index (χ0n) is 8.94. The van der Waals surface area contributed by atoms with Crippen LogP contribution in [0.2, 0.25) is 0 Å². The number of aliphatic hydroxyl groups excluding tert-OH is 1. The van der Waals surface area contributed by atoms with Crippen molar-refractivity contribution in [3.63, 3.8) is 0 Å². The summed E-state index contributed by atoms with van der Waals surface area (Å²) in [5.41, 5.74) is -0.813. The number of hydrogen-bond donors (Lipinski definition) is 2. The third-order valence-electron chi connectivity index (χ3n) is 3.57. The Morgan fingerprint density at radius 3 is 2.86 bits per heavy atom. The molecule has 0 amide bonds. The van der Waals surface area contributed by atoms with Crippen LogP contribution in [0.15, 0.2) is 0 Å². The Balaban J connectivity index is 1.95. The molecule has 1 aliphatic heterocycles. The highest BCUT2D eigenvalue weighted by atomic mass is 16.6. The van der Waals surface area contributed by atoms with E-state index in [1.165, 1.54) is 0 Å². The molecule has 3 heteroatoms. The van der Waals surface area contributed by atoms with Gasteiger partial charge in [-0.05, 0) is 13.3 Å². The van der Waals surface area contributed by atoms with Gasteiger partial charge in [0.05, 0.1) is 17.8 Å². The minimum absolute atomic E-state index is 0.0206. The van der Waals surface area contributed by atoms with Crippen LogP contribution >= 0.6 is 0 Å². The van der Waals surface area contributed by atoms with Crippen molar-refractivity contribution < 1.29 is 14.9 Å². The molecule has 0 spiro atoms. The Morgan fingerprint density at radius 1 is 1.50 bits per heavy atom. The number of hydrogen-bond acceptors (Lipinski definition) is 3. The van der Waals surface area contributed by atoms with Crippen molar-refractivity contribution in [1.29, 1.82) is 0 Å². The van der Waals surface area contributed by atoms with Gasteiger partial charge in [0, 0.05) is 12.3 Å². The lowest BCUT2D eigenvalue weighted by Crippen LogP contribution is -2.46. The molecule has 0 bridgehead atoms. The Morgan fingerprint density at radius 2 is 2.21 bits per heavy atom. The van der Waals surface area contributed by atoms with Gasteiger partial charge in [0.2, 0.25) is 0 Å². The van der Waals surface area contributed by atoms with Gasteiger partial charge in [-0.3, -0.25) is 0 Å². The number of epoxide rings is 1. The Labute approximate surface area is 85.1 Å². The molecule has 2 N–H and O–H groups in total. The summed E-state index contributed by atoms with van der Waals surface area (Å²) in [5.74, 6) is 0.250. The highest BCUT2D eigenvalue weighted by Gasteiger charge is 2.60. The first kappa shape index (κ1) is 10.4. The van der Waals surface area contributed by atoms with Gasteiger partial charge < -0.3 is 14.9 Å². The summed E-state index contributed by atoms with van der Waals surface area (Å²) < 4.78 is 5.46. The van der Waals surface area contributed by atoms with Crippen LogP contribution in [-0.2, 0) is 4.74 Å². The normalized spacial score (nSPS) is 51.4. The molecule has 0 radical (unpaired) electrons. The summed E-state index contributed by atoms with van der Waals surface area (Å²) in [5, 5.41) is 19.8. The molecule has 0 aromatic rings. The lowest BCUT2D eigenvalue weighted by molar-refractivity contribution is -0.0443. The topological polar surface area (TPSA) is 53.0 Å². The largest absolute Gasteiger partial charge is 0.393 e. The summed E-state index contributed by atoms with van der Waals surface area (Å²) in [4.78, 5) is 0. The second-order valence-electron chi connectivity index (χ2n) is 4.96. The van der Waals surface area contributed by atoms with E-state index in [-0.39, 0.29) is 24.2 Å². The predicted molar refractivity (Wildman–Crippen MR) is 52.9 cm³/mol. The molecule has 14 heavy (non-hydrogen) atoms. The van der Waals surface area contributed by atoms with E-state index < -0.39 is 5.60 Å². The van der Waals surface area contributed by atoms with E-state index in [4.69, 9.17) is 4.74 Å². The molecular formula is C11H20O3. The third kappa shape index (κ3) is 1.69. The first-order chi connectivity index (χ1) is 6.56. The number of aliphatic hydroxyl groups is 2. The molecule has 0 aromatic carbocycles. The first-order valence-electron chi connectivity index (χ1n) is 5.62. The average Bonchev–Trinajstić information content (AvgIpc) is 2.83. The first-order valence-corrected chi connectivity index (χ1v) is 5.62. The molecule has 3 nitrogen and oxygen atoms in total. The summed E-state index contributed by atoms with van der Waals surface area (Å²) in [6.07, 6.45) is 3.47. The summed E-state index contributed by atoms with van der Waals surface area (Å²) in [6.45, 7) is 3.91. The van der Waals surface area contributed by atoms with E-state index in [1.807, 2.05) is 0 Å². The molecule has 1 saturated heterocycles. The molecule has 2 fully saturated rings. The Bertz CT molecular complexity index is 213. The van der Waals surface area contributed by atoms with Crippen LogP contribution in [0.4, 0.5) is 0 Å². The van der Waals surface area contributed by atoms with Crippen LogP contribution in [0.3, 0.4) is 0 Å². The third-order valence-corrected chi connectivity index (χ3v) is 3.57. The lowest BCUT2D eigenvalue weighted by Gasteiger charge is -2.33. The van der Waals surface area contributed by atoms with Gasteiger partial charge in [0.1, 0.15) is 6.10 Å². The van der Waals surface area contributed by atoms with Crippen molar-refractivity contribution in [2.75, 3.05) is 0 Å². The molecule has 1 saturated carbocycles. The fraction of sp³-hybridized carbons (Fsp3) is 1.00. The predicted octanol–water partition coefficient (Wildman–Crippen LogP) is 1.08. The van der Waals surface area contributed by atoms with Gasteiger partial charge in [-0.15, -0.1) is 0 Å². The Kier molecular flexibility index (Phi) is 2.58. The number of fused-ring (bicyclic) bond motifs is 1. The van der Waals surface area contributed by atoms with E-state index in [1.54, 1.807) is 6.92 Å². The fourth-order valence-corrected chi connectivity index (χ4v) is 2.66. The maximum atomic E-state index is 9.91. The van der Waals surface area contributed by atoms with E-state index >= 15 is 0 Å². The van der Waals surface area contributed by atoms with Crippen molar-refractivity contribution in [3.05, 3.63) is 0 Å². The molecular weight excluding hydrogens is 180 g/mol. The molecule has 1 aliphatic carbocycles. The highest BCUT2D eigenvalue weighted by molar-refractivity contribution is 5.09. The van der Waals surface area contributed by atoms with Crippen molar-refractivity contribution in [3.8, 4) is 0 Å². The van der Waals surface area contributed by atoms with Gasteiger partial charge in [-0.1, -0.05) is 19.8 Å². The van der Waals surface area contributed by atoms with E-state index in [9.17, 15) is 10.2 Å². The molecule has 0 unspecified atom stereocenters. The van der Waals surface area contributed by atoms with Crippen LogP contribution in [-0.4, -0.2) is 34.1 Å². The SMILES string of the molecule is CCCC[C@H]1[C@@H]2O[C@@H]2[C@](C)(O)C[C@H]1O. The second kappa shape index (κ2) is 3.47. The summed E-state index contributed by atoms with van der Waals surface area (Å²) in [6, 6.07) is 0. The minimum atomic E-state index is -0.813. The van der Waals surface area contributed by atoms with Crippen molar-refractivity contribution in [2.24, 2.45) is 5.92 Å². The quantitative estimate of drug-likeness (QED) is 0.670. The van der Waals surface area contributed by atoms with E-state index in [0.29, 0.717) is 6.42 Å². The van der Waals surface area contributed by atoms with Crippen LogP contribution in [0.1, 0.15) is 39.5 Å². The van der Waals surface area contributed by atoms with Crippen molar-refractivity contribution in [2.45, 2.75) is 63.4 Å². The number of unbranched alkanes of at least 4 members (excludes halogenated alkanes) is 1. The van der Waals surface area contributed by atoms with Crippen LogP contribution in [0, 0.1) is 5.92 Å².